The van der Waals surface area contributed by atoms with Gasteiger partial charge in [0.05, 0.1) is 0 Å². The van der Waals surface area contributed by atoms with Crippen molar-refractivity contribution in [2.45, 2.75) is 45.8 Å². The van der Waals surface area contributed by atoms with Crippen molar-refractivity contribution in [1.29, 1.82) is 0 Å². The number of hydrogen-bond acceptors (Lipinski definition) is 5. The number of nitrogens with two attached hydrogens (primary N) is 1. The molecule has 0 fully saturated rings. The van der Waals surface area contributed by atoms with E-state index in [1.165, 1.54) is 13.8 Å². The minimum Gasteiger partial charge on any atom is -0.464 e. The highest BCUT2D eigenvalue weighted by molar-refractivity contribution is 5.85. The molecule has 0 aliphatic rings. The van der Waals surface area contributed by atoms with Crippen LogP contribution in [0.5, 0.6) is 0 Å². The summed E-state index contributed by atoms with van der Waals surface area (Å²) in [6, 6.07) is -0.558. The Labute approximate surface area is 96.0 Å². The van der Waals surface area contributed by atoms with E-state index in [2.05, 4.69) is 0 Å². The molecule has 3 N–H and O–H groups in total. The van der Waals surface area contributed by atoms with Crippen molar-refractivity contribution >= 4 is 11.8 Å². The lowest BCUT2D eigenvalue weighted by atomic mass is 9.79. The zero-order chi connectivity index (χ0) is 12.9. The topological polar surface area (TPSA) is 89.6 Å². The lowest BCUT2D eigenvalue weighted by Gasteiger charge is -2.34. The molecule has 3 atom stereocenters. The summed E-state index contributed by atoms with van der Waals surface area (Å²) in [4.78, 5) is 22.0. The van der Waals surface area contributed by atoms with Crippen LogP contribution in [0.25, 0.3) is 0 Å². The third-order valence-electron chi connectivity index (χ3n) is 3.02. The summed E-state index contributed by atoms with van der Waals surface area (Å²) in [6.45, 7) is 6.02. The van der Waals surface area contributed by atoms with E-state index >= 15 is 0 Å². The molecule has 16 heavy (non-hydrogen) atoms. The number of rotatable bonds is 6. The van der Waals surface area contributed by atoms with Crippen molar-refractivity contribution < 1.29 is 19.4 Å². The van der Waals surface area contributed by atoms with E-state index in [4.69, 9.17) is 10.5 Å². The van der Waals surface area contributed by atoms with Crippen LogP contribution in [0.15, 0.2) is 0 Å². The predicted molar refractivity (Wildman–Crippen MR) is 59.7 cm³/mol. The quantitative estimate of drug-likeness (QED) is 0.639. The normalized spacial score (nSPS) is 18.4. The lowest BCUT2D eigenvalue weighted by molar-refractivity contribution is -0.146. The minimum atomic E-state index is -1.44. The Kier molecular flexibility index (Phi) is 5.61. The highest BCUT2D eigenvalue weighted by atomic mass is 16.5. The fourth-order valence-electron chi connectivity index (χ4n) is 1.60. The predicted octanol–water partition coefficient (Wildman–Crippen LogP) is 0.243. The molecule has 0 heterocycles. The Bertz CT molecular complexity index is 267. The van der Waals surface area contributed by atoms with Gasteiger partial charge >= 0.3 is 5.97 Å². The number of Topliss-reactive ketones (excluding diaryl/α,β-unsaturated/α-hetero) is 1. The zero-order valence-corrected chi connectivity index (χ0v) is 10.3. The van der Waals surface area contributed by atoms with Crippen molar-refractivity contribution in [3.63, 3.8) is 0 Å². The highest BCUT2D eigenvalue weighted by Crippen LogP contribution is 2.24. The molecule has 0 aromatic heterocycles. The summed E-state index contributed by atoms with van der Waals surface area (Å²) in [6.07, 6.45) is 0.289. The second kappa shape index (κ2) is 5.96. The summed E-state index contributed by atoms with van der Waals surface area (Å²) < 4.78 is 4.76. The number of ketones is 1. The van der Waals surface area contributed by atoms with Crippen LogP contribution in [0, 0.1) is 5.92 Å². The first kappa shape index (κ1) is 15.1. The summed E-state index contributed by atoms with van der Waals surface area (Å²) in [5.74, 6) is -1.21. The van der Waals surface area contributed by atoms with Crippen molar-refractivity contribution in [1.82, 2.24) is 0 Å². The molecule has 0 saturated heterocycles. The van der Waals surface area contributed by atoms with E-state index in [1.54, 1.807) is 13.8 Å². The first-order valence-corrected chi connectivity index (χ1v) is 5.38. The Morgan fingerprint density at radius 3 is 2.25 bits per heavy atom. The van der Waals surface area contributed by atoms with Gasteiger partial charge in [0, 0.05) is 18.9 Å². The van der Waals surface area contributed by atoms with E-state index in [9.17, 15) is 14.7 Å². The third kappa shape index (κ3) is 3.57. The van der Waals surface area contributed by atoms with Gasteiger partial charge in [0.2, 0.25) is 0 Å². The van der Waals surface area contributed by atoms with Crippen molar-refractivity contribution in [3.05, 3.63) is 0 Å². The second-order valence-corrected chi connectivity index (χ2v) is 4.09. The SMILES string of the molecule is CCC(O)(C(C)=O)C(C)[C@@H](N)COC(C)=O. The van der Waals surface area contributed by atoms with Gasteiger partial charge in [0.25, 0.3) is 0 Å². The van der Waals surface area contributed by atoms with E-state index in [0.717, 1.165) is 0 Å². The molecule has 2 unspecified atom stereocenters. The molecule has 0 aliphatic heterocycles. The molecule has 0 aliphatic carbocycles. The molecule has 5 nitrogen and oxygen atoms in total. The van der Waals surface area contributed by atoms with E-state index < -0.39 is 23.5 Å². The van der Waals surface area contributed by atoms with Gasteiger partial charge in [-0.1, -0.05) is 13.8 Å². The molecule has 0 spiro atoms. The number of ether oxygens (including phenoxy) is 1. The molecule has 0 aromatic carbocycles. The number of aliphatic hydroxyl groups is 1. The maximum atomic E-state index is 11.4. The Morgan fingerprint density at radius 1 is 1.44 bits per heavy atom. The number of hydrogen-bond donors (Lipinski definition) is 2. The number of carbonyl (C=O) groups is 2. The molecule has 0 radical (unpaired) electrons. The third-order valence-corrected chi connectivity index (χ3v) is 3.02. The van der Waals surface area contributed by atoms with Gasteiger partial charge in [-0.15, -0.1) is 0 Å². The van der Waals surface area contributed by atoms with Crippen LogP contribution in [0.3, 0.4) is 0 Å². The fraction of sp³-hybridized carbons (Fsp3) is 0.818. The first-order valence-electron chi connectivity index (χ1n) is 5.38. The molecule has 0 aromatic rings. The molecule has 0 amide bonds. The van der Waals surface area contributed by atoms with Gasteiger partial charge < -0.3 is 15.6 Å². The fourth-order valence-corrected chi connectivity index (χ4v) is 1.60. The molecular weight excluding hydrogens is 210 g/mol. The molecule has 94 valence electrons. The Hall–Kier alpha value is -0.940. The summed E-state index contributed by atoms with van der Waals surface area (Å²) in [7, 11) is 0. The molecule has 0 rings (SSSR count). The largest absolute Gasteiger partial charge is 0.464 e. The van der Waals surface area contributed by atoms with Gasteiger partial charge in [-0.25, -0.2) is 0 Å². The Balaban J connectivity index is 4.56. The van der Waals surface area contributed by atoms with E-state index in [0.29, 0.717) is 0 Å². The van der Waals surface area contributed by atoms with Crippen LogP contribution in [0.2, 0.25) is 0 Å². The smallest absolute Gasteiger partial charge is 0.302 e. The highest BCUT2D eigenvalue weighted by Gasteiger charge is 2.40. The molecule has 0 saturated carbocycles. The summed E-state index contributed by atoms with van der Waals surface area (Å²) >= 11 is 0. The van der Waals surface area contributed by atoms with Gasteiger partial charge in [-0.2, -0.15) is 0 Å². The lowest BCUT2D eigenvalue weighted by Crippen LogP contribution is -2.52. The second-order valence-electron chi connectivity index (χ2n) is 4.09. The van der Waals surface area contributed by atoms with Gasteiger partial charge in [0.1, 0.15) is 12.2 Å². The molecule has 5 heteroatoms. The standard InChI is InChI=1S/C11H21NO4/c1-5-11(15,8(3)13)7(2)10(12)6-16-9(4)14/h7,10,15H,5-6,12H2,1-4H3/t7?,10-,11?/m0/s1. The van der Waals surface area contributed by atoms with Crippen LogP contribution >= 0.6 is 0 Å². The van der Waals surface area contributed by atoms with Crippen LogP contribution in [-0.2, 0) is 14.3 Å². The van der Waals surface area contributed by atoms with Crippen LogP contribution in [0.1, 0.15) is 34.1 Å². The van der Waals surface area contributed by atoms with E-state index in [-0.39, 0.29) is 18.8 Å². The zero-order valence-electron chi connectivity index (χ0n) is 10.3. The van der Waals surface area contributed by atoms with E-state index in [1.807, 2.05) is 0 Å². The molecular formula is C11H21NO4. The van der Waals surface area contributed by atoms with Crippen LogP contribution < -0.4 is 5.73 Å². The maximum absolute atomic E-state index is 11.4. The van der Waals surface area contributed by atoms with Crippen molar-refractivity contribution in [3.8, 4) is 0 Å². The van der Waals surface area contributed by atoms with Gasteiger partial charge in [-0.05, 0) is 13.3 Å². The summed E-state index contributed by atoms with van der Waals surface area (Å²) in [5.41, 5.74) is 4.33. The molecule has 0 bridgehead atoms. The maximum Gasteiger partial charge on any atom is 0.302 e. The average Bonchev–Trinajstić information content (AvgIpc) is 2.23. The van der Waals surface area contributed by atoms with Crippen LogP contribution in [-0.4, -0.2) is 35.1 Å². The minimum absolute atomic E-state index is 0.00604. The Morgan fingerprint density at radius 2 is 1.94 bits per heavy atom. The monoisotopic (exact) mass is 231 g/mol. The number of esters is 1. The summed E-state index contributed by atoms with van der Waals surface area (Å²) in [5, 5.41) is 10.1. The number of carbonyl (C=O) groups excluding carboxylic acids is 2. The first-order chi connectivity index (χ1) is 7.25. The van der Waals surface area contributed by atoms with Crippen LogP contribution in [0.4, 0.5) is 0 Å². The van der Waals surface area contributed by atoms with Gasteiger partial charge in [0.15, 0.2) is 5.78 Å². The average molecular weight is 231 g/mol. The van der Waals surface area contributed by atoms with Crippen molar-refractivity contribution in [2.24, 2.45) is 11.7 Å². The van der Waals surface area contributed by atoms with Gasteiger partial charge in [-0.3, -0.25) is 9.59 Å². The van der Waals surface area contributed by atoms with Crippen molar-refractivity contribution in [2.75, 3.05) is 6.61 Å².